The maximum atomic E-state index is 13.1. The molecule has 12 rings (SSSR count). The normalized spacial score (nSPS) is 21.2. The maximum Gasteiger partial charge on any atom is 0.394 e. The van der Waals surface area contributed by atoms with Crippen LogP contribution in [0.15, 0.2) is 189 Å². The number of carbonyl (C=O) groups is 10. The fourth-order valence-electron chi connectivity index (χ4n) is 15.3. The molecule has 5 aliphatic rings. The van der Waals surface area contributed by atoms with E-state index in [4.69, 9.17) is 35.5 Å². The Morgan fingerprint density at radius 3 is 1.26 bits per heavy atom. The molecule has 0 aliphatic carbocycles. The van der Waals surface area contributed by atoms with E-state index in [0.29, 0.717) is 30.3 Å². The summed E-state index contributed by atoms with van der Waals surface area (Å²) >= 11 is 0.0527. The zero-order valence-electron chi connectivity index (χ0n) is 83.2. The number of anilines is 2. The number of ether oxygens (including phenoxy) is 5. The average molecular weight is 1950 g/mol. The number of rotatable bonds is 12. The average Bonchev–Trinajstić information content (AvgIpc) is 0.770. The number of nitrogens with two attached hydrogens (primary N) is 2. The van der Waals surface area contributed by atoms with Crippen LogP contribution in [0.25, 0.3) is 0 Å². The largest absolute Gasteiger partial charge is 0.474 e. The second-order valence-corrected chi connectivity index (χ2v) is 43.5. The summed E-state index contributed by atoms with van der Waals surface area (Å²) in [6, 6.07) is 55.2. The van der Waals surface area contributed by atoms with Crippen LogP contribution < -0.4 is 32.7 Å². The van der Waals surface area contributed by atoms with Gasteiger partial charge in [-0.15, -0.1) is 0 Å². The molecule has 728 valence electrons. The maximum absolute atomic E-state index is 13.1. The van der Waals surface area contributed by atoms with Gasteiger partial charge in [-0.2, -0.15) is 0 Å². The van der Waals surface area contributed by atoms with Crippen LogP contribution in [0.1, 0.15) is 290 Å². The predicted molar refractivity (Wildman–Crippen MR) is 533 cm³/mol. The van der Waals surface area contributed by atoms with Crippen LogP contribution in [-0.2, 0) is 59.5 Å². The summed E-state index contributed by atoms with van der Waals surface area (Å²) in [4.78, 5) is 129. The molecule has 134 heavy (non-hydrogen) atoms. The third-order valence-corrected chi connectivity index (χ3v) is 25.5. The van der Waals surface area contributed by atoms with Gasteiger partial charge in [0.25, 0.3) is 0 Å². The Labute approximate surface area is 821 Å². The first-order chi connectivity index (χ1) is 61.9. The molecule has 8 unspecified atom stereocenters. The monoisotopic (exact) mass is 1950 g/mol. The number of hydrogen-bond donors (Lipinski definition) is 7. The zero-order chi connectivity index (χ0) is 98.4. The molecule has 5 aromatic carbocycles. The Morgan fingerprint density at radius 1 is 0.478 bits per heavy atom. The fourth-order valence-corrected chi connectivity index (χ4v) is 17.6. The molecule has 2 aromatic heterocycles. The Morgan fingerprint density at radius 2 is 0.866 bits per heavy atom. The van der Waals surface area contributed by atoms with Crippen LogP contribution in [0.5, 0.6) is 0 Å². The number of nitrogens with one attached hydrogen (secondary N) is 4. The third kappa shape index (κ3) is 42.0. The van der Waals surface area contributed by atoms with E-state index >= 15 is 0 Å². The van der Waals surface area contributed by atoms with Crippen molar-refractivity contribution >= 4 is 113 Å². The fraction of sp³-hybridized carbons (Fsp3) is 0.524. The van der Waals surface area contributed by atoms with Crippen LogP contribution in [0.2, 0.25) is 8.86 Å². The van der Waals surface area contributed by atoms with Gasteiger partial charge in [-0.3, -0.25) is 38.8 Å². The molecular weight excluding hydrogens is 1790 g/mol. The van der Waals surface area contributed by atoms with Gasteiger partial charge < -0.3 is 71.3 Å². The molecule has 0 spiro atoms. The quantitative estimate of drug-likeness (QED) is 0.0149. The minimum Gasteiger partial charge on any atom is -0.474 e. The predicted octanol–water partition coefficient (Wildman–Crippen LogP) is 21.2. The van der Waals surface area contributed by atoms with Crippen molar-refractivity contribution in [3.63, 3.8) is 0 Å². The topological polar surface area (TPSA) is 373 Å². The van der Waals surface area contributed by atoms with E-state index in [9.17, 15) is 47.9 Å². The van der Waals surface area contributed by atoms with Crippen LogP contribution in [0.3, 0.4) is 0 Å². The summed E-state index contributed by atoms with van der Waals surface area (Å²) in [7, 11) is 0. The molecule has 9 N–H and O–H groups in total. The van der Waals surface area contributed by atoms with Gasteiger partial charge in [0.15, 0.2) is 0 Å². The van der Waals surface area contributed by atoms with Crippen molar-refractivity contribution < 1.29 is 76.7 Å². The Hall–Kier alpha value is -10.1. The van der Waals surface area contributed by atoms with Crippen LogP contribution in [-0.4, -0.2) is 187 Å². The van der Waals surface area contributed by atoms with Crippen LogP contribution in [0, 0.1) is 29.6 Å². The van der Waals surface area contributed by atoms with Crippen molar-refractivity contribution in [2.24, 2.45) is 41.1 Å². The van der Waals surface area contributed by atoms with Crippen molar-refractivity contribution in [2.75, 3.05) is 43.4 Å². The van der Waals surface area contributed by atoms with Crippen molar-refractivity contribution in [3.05, 3.63) is 228 Å². The molecule has 5 fully saturated rings. The Kier molecular flexibility index (Phi) is 49.7. The molecule has 5 saturated heterocycles. The van der Waals surface area contributed by atoms with Crippen molar-refractivity contribution in [2.45, 2.75) is 290 Å². The first-order valence-electron chi connectivity index (χ1n) is 46.2. The molecule has 2 radical (unpaired) electrons. The summed E-state index contributed by atoms with van der Waals surface area (Å²) in [5.74, 6) is -2.57. The summed E-state index contributed by atoms with van der Waals surface area (Å²) in [5.41, 5.74) is 14.1. The second kappa shape index (κ2) is 56.4. The standard InChI is InChI=1S/C21H24N4O3.C18H27NO2.C17H25NO2.C13H19N.C12H17N.C10H18O5.C8H7N3O4.C4H9.CH4.CH3.In.Li/c1-14-8-9-21(2,16-6-4-3-5-7-16)25(13-14)20(28)19(27)24-17-10-15(18(22)26)11-23-12-17;1-14-11-12-18(5,15-9-7-6-8-10-15)19(13-14)16(20)21-17(2,3)4;1-13-10-11-15(14-8-6-5-7-9-14)18(12-13)16(19)20-17(2,3)4;1-11-8-9-13(2,14-10-11)12-6-4-3-5-7-12;1-10-7-8-12(13-9-10)11-5-3-2-4-6-11;1-9(2,3)14-7(11)13-8(12)15-10(4,5)6;9-6(12)4-1-5(3-10-2-4)11-7(13)8(14)15;1-3-4-2;;;;/h3-7,10-12,14H,8-9,13H2,1-2H3,(H2,22,26)(H,24,27);6-10,14H,11-13H2,1-5H3;5-9,13,15H,10-12H2,1-4H3;3-7,11,14H,8-10H2,1-2H3;2-6,10,12-13H,7-9H2,1H3;1-6H3;1-3H,(H2,9,12)(H,11,13)(H,14,15);1,3-4H2,2H3;1H4;1H3;;/t14-,21+;;;;;;;;;;;/m1.........../s1. The van der Waals surface area contributed by atoms with E-state index in [-0.39, 0.29) is 101 Å². The molecule has 7 heterocycles. The van der Waals surface area contributed by atoms with Crippen molar-refractivity contribution in [1.82, 2.24) is 35.3 Å². The number of aromatic nitrogens is 2. The van der Waals surface area contributed by atoms with Gasteiger partial charge in [0.2, 0.25) is 11.8 Å². The molecule has 7 aromatic rings. The molecule has 10 atom stereocenters. The Balaban J connectivity index is 0.000000403. The Bertz CT molecular complexity index is 4720. The van der Waals surface area contributed by atoms with Crippen LogP contribution >= 0.6 is 0 Å². The number of hydrogen-bond acceptors (Lipinski definition) is 19. The number of piperidine rings is 5. The second-order valence-electron chi connectivity index (χ2n) is 39.5. The van der Waals surface area contributed by atoms with E-state index in [1.54, 1.807) is 50.6 Å². The first kappa shape index (κ1) is 118. The molecular formula is C105H153InLiN11O16. The van der Waals surface area contributed by atoms with E-state index in [0.717, 1.165) is 75.6 Å². The summed E-state index contributed by atoms with van der Waals surface area (Å²) < 4.78 is 29.0. The number of aliphatic carboxylic acids is 1. The summed E-state index contributed by atoms with van der Waals surface area (Å²) in [5, 5.41) is 20.1. The molecule has 0 bridgehead atoms. The van der Waals surface area contributed by atoms with Gasteiger partial charge in [0, 0.05) is 62.5 Å². The van der Waals surface area contributed by atoms with Crippen molar-refractivity contribution in [1.29, 1.82) is 0 Å². The molecule has 5 aliphatic heterocycles. The smallest absolute Gasteiger partial charge is 0.394 e. The number of primary amides is 2. The van der Waals surface area contributed by atoms with E-state index < -0.39 is 75.8 Å². The first-order valence-corrected chi connectivity index (χ1v) is 51.8. The van der Waals surface area contributed by atoms with Gasteiger partial charge in [-0.25, -0.2) is 24.0 Å². The number of carboxylic acids is 1. The number of amides is 7. The number of likely N-dealkylation sites (tertiary alicyclic amines) is 3. The molecule has 29 heteroatoms. The third-order valence-electron chi connectivity index (χ3n) is 22.7. The summed E-state index contributed by atoms with van der Waals surface area (Å²) in [6.07, 6.45) is 16.7. The van der Waals surface area contributed by atoms with E-state index in [1.165, 1.54) is 104 Å². The summed E-state index contributed by atoms with van der Waals surface area (Å²) in [6.45, 7) is 45.6. The van der Waals surface area contributed by atoms with Gasteiger partial charge in [-0.1, -0.05) is 194 Å². The van der Waals surface area contributed by atoms with E-state index in [2.05, 4.69) is 176 Å². The minimum absolute atomic E-state index is 0. The van der Waals surface area contributed by atoms with Gasteiger partial charge in [0.1, 0.15) is 22.4 Å². The molecule has 27 nitrogen and oxygen atoms in total. The number of carboxylic acid groups (broad SMARTS) is 1. The minimum atomic E-state index is -1.63. The van der Waals surface area contributed by atoms with Crippen molar-refractivity contribution in [3.8, 4) is 0 Å². The SMILES string of the molecule is C.CC(C)(C)OC(=O)OC(=O)OC(C)(C)C.CC1CCC(C)(c2ccccc2)N(C(=O)OC(C)(C)C)C1.CC1CCC(C)(c2ccccc2)NC1.CC1CCC(c2ccccc2)N(C(=O)OC(C)(C)C)C1.CC1CCC(c2ccccc2)NC1.CCC[CH2][In][CH3].C[C@@H]1CC[C@@](C)(c2ccccc2)N(C(=O)C(=O)Nc2cncc(C(N)=O)c2)C1.NC(=O)c1cncc(NC(=O)C(=O)O)c1.[Li]. The number of benzene rings is 5. The number of unbranched alkanes of at least 4 members (excludes halogenated alkanes) is 1. The van der Waals surface area contributed by atoms with E-state index in [1.807, 2.05) is 130 Å². The molecule has 0 saturated carbocycles. The van der Waals surface area contributed by atoms with Crippen LogP contribution in [0.4, 0.5) is 30.6 Å². The molecule has 7 amide bonds. The zero-order valence-corrected chi connectivity index (χ0v) is 86.5. The number of pyridine rings is 2. The number of carbonyl (C=O) groups excluding carboxylic acids is 9. The van der Waals surface area contributed by atoms with Gasteiger partial charge in [-0.05, 0) is 251 Å². The van der Waals surface area contributed by atoms with Gasteiger partial charge >= 0.3 is 99.7 Å². The van der Waals surface area contributed by atoms with Gasteiger partial charge in [0.05, 0.1) is 52.0 Å². The number of nitrogens with zero attached hydrogens (tertiary/aromatic N) is 5.